The number of esters is 2. The number of H-pyrrole nitrogens is 1. The number of halogens is 1. The molecule has 10 nitrogen and oxygen atoms in total. The average molecular weight is 563 g/mol. The van der Waals surface area contributed by atoms with Gasteiger partial charge in [-0.05, 0) is 36.6 Å². The number of hydrogen-bond acceptors (Lipinski definition) is 8. The largest absolute Gasteiger partial charge is 0.466 e. The summed E-state index contributed by atoms with van der Waals surface area (Å²) < 4.78 is 10.5. The number of methoxy groups -OCH3 is 1. The van der Waals surface area contributed by atoms with Gasteiger partial charge in [-0.2, -0.15) is 0 Å². The molecule has 0 amide bonds. The summed E-state index contributed by atoms with van der Waals surface area (Å²) in [4.78, 5) is 44.4. The normalized spacial score (nSPS) is 15.2. The summed E-state index contributed by atoms with van der Waals surface area (Å²) in [7, 11) is 1.21. The van der Waals surface area contributed by atoms with Crippen LogP contribution >= 0.6 is 11.6 Å². The second-order valence-electron chi connectivity index (χ2n) is 9.02. The van der Waals surface area contributed by atoms with Gasteiger partial charge in [0, 0.05) is 36.3 Å². The van der Waals surface area contributed by atoms with Crippen molar-refractivity contribution in [3.8, 4) is 0 Å². The minimum Gasteiger partial charge on any atom is -0.466 e. The second-order valence-corrected chi connectivity index (χ2v) is 9.40. The van der Waals surface area contributed by atoms with E-state index in [1.54, 1.807) is 32.3 Å². The number of hydrogen-bond donors (Lipinski definition) is 2. The number of carbonyl (C=O) groups excluding carboxylic acids is 2. The van der Waals surface area contributed by atoms with Gasteiger partial charge in [-0.3, -0.25) is 10.1 Å². The molecule has 1 aromatic heterocycles. The number of aromatic amines is 1. The highest BCUT2D eigenvalue weighted by Gasteiger charge is 2.39. The number of benzene rings is 2. The van der Waals surface area contributed by atoms with Crippen molar-refractivity contribution in [2.45, 2.75) is 26.2 Å². The third kappa shape index (κ3) is 6.13. The lowest BCUT2D eigenvalue weighted by molar-refractivity contribution is -0.384. The summed E-state index contributed by atoms with van der Waals surface area (Å²) in [5.41, 5.74) is 2.96. The summed E-state index contributed by atoms with van der Waals surface area (Å²) in [5.74, 6) is -1.57. The van der Waals surface area contributed by atoms with E-state index in [1.807, 2.05) is 30.3 Å². The maximum Gasteiger partial charge on any atom is 0.337 e. The molecule has 0 aliphatic carbocycles. The van der Waals surface area contributed by atoms with Gasteiger partial charge in [-0.25, -0.2) is 14.6 Å². The van der Waals surface area contributed by atoms with E-state index in [9.17, 15) is 19.7 Å². The fraction of sp³-hybridized carbons (Fsp3) is 0.207. The molecular weight excluding hydrogens is 536 g/mol. The topological polar surface area (TPSA) is 136 Å². The molecule has 1 aliphatic heterocycles. The number of rotatable bonds is 9. The minimum atomic E-state index is -1.04. The molecule has 2 aromatic carbocycles. The van der Waals surface area contributed by atoms with E-state index in [-0.39, 0.29) is 34.0 Å². The van der Waals surface area contributed by atoms with Crippen LogP contribution in [-0.4, -0.2) is 40.5 Å². The van der Waals surface area contributed by atoms with Gasteiger partial charge in [0.25, 0.3) is 5.69 Å². The van der Waals surface area contributed by atoms with Crippen LogP contribution in [0.15, 0.2) is 83.5 Å². The number of nitro groups is 1. The van der Waals surface area contributed by atoms with E-state index in [0.717, 1.165) is 17.0 Å². The van der Waals surface area contributed by atoms with Crippen LogP contribution < -0.4 is 5.32 Å². The highest BCUT2D eigenvalue weighted by atomic mass is 35.5. The highest BCUT2D eigenvalue weighted by molar-refractivity contribution is 6.33. The number of carbonyl (C=O) groups is 2. The van der Waals surface area contributed by atoms with Crippen molar-refractivity contribution in [3.63, 3.8) is 0 Å². The lowest BCUT2D eigenvalue weighted by atomic mass is 9.80. The summed E-state index contributed by atoms with van der Waals surface area (Å²) >= 11 is 6.43. The number of dihydropyridines is 1. The van der Waals surface area contributed by atoms with Crippen LogP contribution in [0.1, 0.15) is 42.3 Å². The second kappa shape index (κ2) is 12.4. The van der Waals surface area contributed by atoms with Gasteiger partial charge in [-0.15, -0.1) is 0 Å². The predicted octanol–water partition coefficient (Wildman–Crippen LogP) is 5.23. The molecule has 0 saturated carbocycles. The van der Waals surface area contributed by atoms with E-state index in [2.05, 4.69) is 15.3 Å². The zero-order valence-corrected chi connectivity index (χ0v) is 22.8. The predicted molar refractivity (Wildman–Crippen MR) is 149 cm³/mol. The van der Waals surface area contributed by atoms with Crippen LogP contribution in [0.4, 0.5) is 5.69 Å². The van der Waals surface area contributed by atoms with Crippen LogP contribution in [0, 0.1) is 10.1 Å². The van der Waals surface area contributed by atoms with Crippen molar-refractivity contribution < 1.29 is 24.0 Å². The Hall–Kier alpha value is -4.70. The van der Waals surface area contributed by atoms with E-state index in [4.69, 9.17) is 21.1 Å². The maximum absolute atomic E-state index is 13.4. The van der Waals surface area contributed by atoms with Crippen LogP contribution in [0.3, 0.4) is 0 Å². The molecule has 2 N–H and O–H groups in total. The molecular formula is C29H27ClN4O6. The average Bonchev–Trinajstić information content (AvgIpc) is 3.44. The summed E-state index contributed by atoms with van der Waals surface area (Å²) in [6.45, 7) is 3.26. The van der Waals surface area contributed by atoms with E-state index < -0.39 is 22.8 Å². The van der Waals surface area contributed by atoms with Crippen LogP contribution in [0.25, 0.3) is 6.08 Å². The fourth-order valence-corrected chi connectivity index (χ4v) is 4.88. The molecule has 2 heterocycles. The number of aromatic nitrogens is 2. The number of nitrogens with zero attached hydrogens (tertiary/aromatic N) is 2. The van der Waals surface area contributed by atoms with E-state index in [0.29, 0.717) is 17.8 Å². The Morgan fingerprint density at radius 3 is 2.42 bits per heavy atom. The third-order valence-corrected chi connectivity index (χ3v) is 6.84. The summed E-state index contributed by atoms with van der Waals surface area (Å²) in [6, 6.07) is 12.1. The fourth-order valence-electron chi connectivity index (χ4n) is 4.58. The Bertz CT molecular complexity index is 1520. The number of ether oxygens (including phenoxy) is 2. The van der Waals surface area contributed by atoms with Gasteiger partial charge in [0.1, 0.15) is 17.5 Å². The van der Waals surface area contributed by atoms with Gasteiger partial charge in [0.05, 0.1) is 29.1 Å². The highest BCUT2D eigenvalue weighted by Crippen LogP contribution is 2.44. The lowest BCUT2D eigenvalue weighted by Crippen LogP contribution is -2.32. The van der Waals surface area contributed by atoms with E-state index in [1.165, 1.54) is 25.3 Å². The molecule has 11 heteroatoms. The number of nitrogens with one attached hydrogen (secondary N) is 2. The smallest absolute Gasteiger partial charge is 0.337 e. The summed E-state index contributed by atoms with van der Waals surface area (Å²) in [6.07, 6.45) is 7.70. The third-order valence-electron chi connectivity index (χ3n) is 6.43. The molecule has 40 heavy (non-hydrogen) atoms. The molecule has 0 spiro atoms. The van der Waals surface area contributed by atoms with Crippen LogP contribution in [0.5, 0.6) is 0 Å². The van der Waals surface area contributed by atoms with Crippen LogP contribution in [0.2, 0.25) is 5.02 Å². The molecule has 0 bridgehead atoms. The number of allylic oxidation sites excluding steroid dienone is 2. The van der Waals surface area contributed by atoms with Crippen molar-refractivity contribution in [1.82, 2.24) is 15.3 Å². The van der Waals surface area contributed by atoms with Gasteiger partial charge >= 0.3 is 11.9 Å². The first kappa shape index (κ1) is 28.3. The molecule has 3 aromatic rings. The van der Waals surface area contributed by atoms with Gasteiger partial charge < -0.3 is 19.8 Å². The monoisotopic (exact) mass is 562 g/mol. The Labute approximate surface area is 235 Å². The van der Waals surface area contributed by atoms with Crippen LogP contribution in [-0.2, 0) is 25.5 Å². The van der Waals surface area contributed by atoms with Gasteiger partial charge in [-0.1, -0.05) is 54.1 Å². The van der Waals surface area contributed by atoms with Crippen molar-refractivity contribution >= 4 is 35.3 Å². The van der Waals surface area contributed by atoms with Crippen molar-refractivity contribution in [2.75, 3.05) is 13.7 Å². The molecule has 1 aliphatic rings. The zero-order valence-electron chi connectivity index (χ0n) is 22.1. The van der Waals surface area contributed by atoms with Crippen molar-refractivity contribution in [3.05, 3.63) is 121 Å². The molecule has 0 fully saturated rings. The Morgan fingerprint density at radius 1 is 1.10 bits per heavy atom. The maximum atomic E-state index is 13.4. The van der Waals surface area contributed by atoms with E-state index >= 15 is 0 Å². The molecule has 206 valence electrons. The Balaban J connectivity index is 1.54. The Kier molecular flexibility index (Phi) is 8.80. The SMILES string of the molecule is COC(=O)C1=C(C)NC(C)=C(C(=O)OCC=Cc2ccc(Cc3ncc[nH]3)cc2)C1c1cccc([N+](=O)[O-])c1Cl. The van der Waals surface area contributed by atoms with Crippen molar-refractivity contribution in [2.24, 2.45) is 0 Å². The molecule has 4 rings (SSSR count). The molecule has 1 unspecified atom stereocenters. The number of imidazole rings is 1. The number of nitro benzene ring substituents is 1. The first-order chi connectivity index (χ1) is 19.2. The van der Waals surface area contributed by atoms with Crippen molar-refractivity contribution in [1.29, 1.82) is 0 Å². The van der Waals surface area contributed by atoms with Gasteiger partial charge in [0.2, 0.25) is 0 Å². The molecule has 1 atom stereocenters. The minimum absolute atomic E-state index is 0.0462. The first-order valence-electron chi connectivity index (χ1n) is 12.3. The molecule has 0 radical (unpaired) electrons. The molecule has 0 saturated heterocycles. The first-order valence-corrected chi connectivity index (χ1v) is 12.7. The standard InChI is InChI=1S/C29H27ClN4O6/c1-17-24(28(35)39-3)26(21-7-4-8-22(27(21)30)34(37)38)25(18(2)33-17)29(36)40-15-5-6-19-9-11-20(12-10-19)16-23-31-13-14-32-23/h4-14,26,33H,15-16H2,1-3H3,(H,31,32). The van der Waals surface area contributed by atoms with Gasteiger partial charge in [0.15, 0.2) is 0 Å². The quantitative estimate of drug-likeness (QED) is 0.205. The lowest BCUT2D eigenvalue weighted by Gasteiger charge is -2.30. The summed E-state index contributed by atoms with van der Waals surface area (Å²) in [5, 5.41) is 14.4. The Morgan fingerprint density at radius 2 is 1.80 bits per heavy atom. The zero-order chi connectivity index (χ0) is 28.8.